The van der Waals surface area contributed by atoms with Crippen LogP contribution in [-0.4, -0.2) is 47.3 Å². The van der Waals surface area contributed by atoms with Gasteiger partial charge < -0.3 is 9.84 Å². The minimum absolute atomic E-state index is 0.00601. The largest absolute Gasteiger partial charge is 0.389 e. The van der Waals surface area contributed by atoms with E-state index in [9.17, 15) is 15.2 Å². The first kappa shape index (κ1) is 17.8. The number of halogens is 1. The Morgan fingerprint density at radius 1 is 1.48 bits per heavy atom. The van der Waals surface area contributed by atoms with Gasteiger partial charge in [0.2, 0.25) is 0 Å². The van der Waals surface area contributed by atoms with E-state index in [2.05, 4.69) is 0 Å². The SMILES string of the molecule is CC(C)OCC(O)CN(C)Cc1cc([N+](=O)[O-])ccc1Cl. The number of nitrogens with zero attached hydrogens (tertiary/aromatic N) is 2. The summed E-state index contributed by atoms with van der Waals surface area (Å²) in [6.07, 6.45) is -0.550. The molecule has 21 heavy (non-hydrogen) atoms. The first-order valence-electron chi connectivity index (χ1n) is 6.70. The molecule has 0 radical (unpaired) electrons. The third kappa shape index (κ3) is 6.39. The molecule has 1 atom stereocenters. The van der Waals surface area contributed by atoms with Crippen LogP contribution in [0.15, 0.2) is 18.2 Å². The maximum absolute atomic E-state index is 10.8. The van der Waals surface area contributed by atoms with Gasteiger partial charge in [-0.2, -0.15) is 0 Å². The maximum Gasteiger partial charge on any atom is 0.269 e. The first-order chi connectivity index (χ1) is 9.79. The highest BCUT2D eigenvalue weighted by Crippen LogP contribution is 2.23. The molecule has 0 aliphatic heterocycles. The van der Waals surface area contributed by atoms with Crippen molar-refractivity contribution in [3.8, 4) is 0 Å². The van der Waals surface area contributed by atoms with Crippen molar-refractivity contribution < 1.29 is 14.8 Å². The molecule has 1 aromatic rings. The van der Waals surface area contributed by atoms with E-state index in [1.807, 2.05) is 25.8 Å². The number of nitro benzene ring substituents is 1. The second kappa shape index (κ2) is 8.29. The topological polar surface area (TPSA) is 75.8 Å². The highest BCUT2D eigenvalue weighted by atomic mass is 35.5. The van der Waals surface area contributed by atoms with Crippen LogP contribution in [0, 0.1) is 10.1 Å². The number of benzene rings is 1. The van der Waals surface area contributed by atoms with Crippen LogP contribution in [0.3, 0.4) is 0 Å². The van der Waals surface area contributed by atoms with Gasteiger partial charge in [-0.3, -0.25) is 15.0 Å². The fourth-order valence-corrected chi connectivity index (χ4v) is 2.04. The van der Waals surface area contributed by atoms with Crippen molar-refractivity contribution in [2.24, 2.45) is 0 Å². The molecule has 1 N–H and O–H groups in total. The van der Waals surface area contributed by atoms with Crippen LogP contribution in [0.1, 0.15) is 19.4 Å². The van der Waals surface area contributed by atoms with E-state index in [0.29, 0.717) is 23.7 Å². The van der Waals surface area contributed by atoms with Crippen LogP contribution >= 0.6 is 11.6 Å². The molecule has 118 valence electrons. The van der Waals surface area contributed by atoms with Gasteiger partial charge in [-0.05, 0) is 32.5 Å². The molecule has 0 saturated carbocycles. The van der Waals surface area contributed by atoms with E-state index < -0.39 is 11.0 Å². The number of hydrogen-bond donors (Lipinski definition) is 1. The van der Waals surface area contributed by atoms with Crippen LogP contribution in [0.2, 0.25) is 5.02 Å². The highest BCUT2D eigenvalue weighted by molar-refractivity contribution is 6.31. The number of ether oxygens (including phenoxy) is 1. The fourth-order valence-electron chi connectivity index (χ4n) is 1.87. The Morgan fingerprint density at radius 3 is 2.71 bits per heavy atom. The molecule has 1 unspecified atom stereocenters. The molecule has 0 fully saturated rings. The van der Waals surface area contributed by atoms with Crippen LogP contribution < -0.4 is 0 Å². The molecule has 1 rings (SSSR count). The zero-order chi connectivity index (χ0) is 16.0. The second-order valence-corrected chi connectivity index (χ2v) is 5.67. The monoisotopic (exact) mass is 316 g/mol. The molecule has 0 aromatic heterocycles. The Morgan fingerprint density at radius 2 is 2.14 bits per heavy atom. The third-order valence-electron chi connectivity index (χ3n) is 2.82. The number of hydrogen-bond acceptors (Lipinski definition) is 5. The summed E-state index contributed by atoms with van der Waals surface area (Å²) in [7, 11) is 1.81. The van der Waals surface area contributed by atoms with Gasteiger partial charge in [0.1, 0.15) is 0 Å². The molecular weight excluding hydrogens is 296 g/mol. The first-order valence-corrected chi connectivity index (χ1v) is 7.08. The summed E-state index contributed by atoms with van der Waals surface area (Å²) < 4.78 is 5.34. The number of nitro groups is 1. The highest BCUT2D eigenvalue weighted by Gasteiger charge is 2.14. The number of aliphatic hydroxyl groups excluding tert-OH is 1. The average Bonchev–Trinajstić information content (AvgIpc) is 2.38. The Kier molecular flexibility index (Phi) is 7.04. The maximum atomic E-state index is 10.8. The molecule has 0 bridgehead atoms. The summed E-state index contributed by atoms with van der Waals surface area (Å²) in [4.78, 5) is 12.2. The smallest absolute Gasteiger partial charge is 0.269 e. The Hall–Kier alpha value is -1.21. The molecule has 1 aromatic carbocycles. The quantitative estimate of drug-likeness (QED) is 0.589. The predicted octanol–water partition coefficient (Wildman–Crippen LogP) is 2.47. The van der Waals surface area contributed by atoms with Crippen LogP contribution in [-0.2, 0) is 11.3 Å². The summed E-state index contributed by atoms with van der Waals surface area (Å²) in [5, 5.41) is 21.1. The standard InChI is InChI=1S/C14H21ClN2O4/c1-10(2)21-9-13(18)8-16(3)7-11-6-12(17(19)20)4-5-14(11)15/h4-6,10,13,18H,7-9H2,1-3H3. The number of likely N-dealkylation sites (N-methyl/N-ethyl adjacent to an activating group) is 1. The zero-order valence-corrected chi connectivity index (χ0v) is 13.2. The van der Waals surface area contributed by atoms with Gasteiger partial charge in [0.25, 0.3) is 5.69 Å². The van der Waals surface area contributed by atoms with Crippen LogP contribution in [0.4, 0.5) is 5.69 Å². The van der Waals surface area contributed by atoms with Gasteiger partial charge in [-0.25, -0.2) is 0 Å². The van der Waals surface area contributed by atoms with Crippen molar-refractivity contribution in [3.63, 3.8) is 0 Å². The lowest BCUT2D eigenvalue weighted by Crippen LogP contribution is -2.32. The molecular formula is C14H21ClN2O4. The van der Waals surface area contributed by atoms with E-state index in [-0.39, 0.29) is 18.4 Å². The predicted molar refractivity (Wildman–Crippen MR) is 81.5 cm³/mol. The molecule has 0 spiro atoms. The molecule has 7 heteroatoms. The van der Waals surface area contributed by atoms with Gasteiger partial charge in [-0.15, -0.1) is 0 Å². The van der Waals surface area contributed by atoms with Crippen molar-refractivity contribution in [2.75, 3.05) is 20.2 Å². The van der Waals surface area contributed by atoms with E-state index in [0.717, 1.165) is 0 Å². The number of non-ortho nitro benzene ring substituents is 1. The number of aliphatic hydroxyl groups is 1. The Labute approximate surface area is 129 Å². The van der Waals surface area contributed by atoms with Gasteiger partial charge >= 0.3 is 0 Å². The summed E-state index contributed by atoms with van der Waals surface area (Å²) in [5.74, 6) is 0. The second-order valence-electron chi connectivity index (χ2n) is 5.27. The Balaban J connectivity index is 2.59. The van der Waals surface area contributed by atoms with Crippen molar-refractivity contribution in [1.29, 1.82) is 0 Å². The zero-order valence-electron chi connectivity index (χ0n) is 12.5. The van der Waals surface area contributed by atoms with E-state index in [1.165, 1.54) is 18.2 Å². The van der Waals surface area contributed by atoms with E-state index in [4.69, 9.17) is 16.3 Å². The fraction of sp³-hybridized carbons (Fsp3) is 0.571. The van der Waals surface area contributed by atoms with Gasteiger partial charge in [0.05, 0.1) is 23.7 Å². The van der Waals surface area contributed by atoms with Gasteiger partial charge in [0.15, 0.2) is 0 Å². The van der Waals surface area contributed by atoms with Crippen molar-refractivity contribution in [2.45, 2.75) is 32.6 Å². The summed E-state index contributed by atoms with van der Waals surface area (Å²) in [6.45, 7) is 4.87. The third-order valence-corrected chi connectivity index (χ3v) is 3.19. The van der Waals surface area contributed by atoms with Crippen molar-refractivity contribution in [3.05, 3.63) is 38.9 Å². The molecule has 0 amide bonds. The van der Waals surface area contributed by atoms with Crippen molar-refractivity contribution in [1.82, 2.24) is 4.90 Å². The van der Waals surface area contributed by atoms with Crippen LogP contribution in [0.25, 0.3) is 0 Å². The van der Waals surface area contributed by atoms with Crippen molar-refractivity contribution >= 4 is 17.3 Å². The lowest BCUT2D eigenvalue weighted by atomic mass is 10.2. The summed E-state index contributed by atoms with van der Waals surface area (Å²) in [5.41, 5.74) is 0.664. The van der Waals surface area contributed by atoms with Gasteiger partial charge in [-0.1, -0.05) is 11.6 Å². The van der Waals surface area contributed by atoms with E-state index in [1.54, 1.807) is 0 Å². The lowest BCUT2D eigenvalue weighted by Gasteiger charge is -2.21. The molecule has 0 aliphatic carbocycles. The van der Waals surface area contributed by atoms with E-state index >= 15 is 0 Å². The number of rotatable bonds is 8. The summed E-state index contributed by atoms with van der Waals surface area (Å²) in [6, 6.07) is 4.34. The lowest BCUT2D eigenvalue weighted by molar-refractivity contribution is -0.384. The Bertz CT molecular complexity index is 482. The molecule has 0 aliphatic rings. The minimum atomic E-state index is -0.616. The van der Waals surface area contributed by atoms with Crippen LogP contribution in [0.5, 0.6) is 0 Å². The minimum Gasteiger partial charge on any atom is -0.389 e. The molecule has 0 heterocycles. The average molecular weight is 317 g/mol. The summed E-state index contributed by atoms with van der Waals surface area (Å²) >= 11 is 6.05. The van der Waals surface area contributed by atoms with Gasteiger partial charge in [0, 0.05) is 30.2 Å². The normalized spacial score (nSPS) is 12.9. The molecule has 0 saturated heterocycles. The molecule has 6 nitrogen and oxygen atoms in total.